The molecule has 4 nitrogen and oxygen atoms in total. The zero-order valence-corrected chi connectivity index (χ0v) is 10.6. The van der Waals surface area contributed by atoms with Gasteiger partial charge >= 0.3 is 5.97 Å². The summed E-state index contributed by atoms with van der Waals surface area (Å²) in [5, 5.41) is 12.4. The van der Waals surface area contributed by atoms with Crippen LogP contribution < -0.4 is 5.32 Å². The summed E-state index contributed by atoms with van der Waals surface area (Å²) in [5.74, 6) is -0.408. The Kier molecular flexibility index (Phi) is 6.11. The molecule has 98 valence electrons. The van der Waals surface area contributed by atoms with Crippen molar-refractivity contribution in [3.05, 3.63) is 48.0 Å². The summed E-state index contributed by atoms with van der Waals surface area (Å²) in [6.07, 6.45) is 0. The maximum absolute atomic E-state index is 11.4. The third kappa shape index (κ3) is 4.31. The highest BCUT2D eigenvalue weighted by atomic mass is 16.5. The summed E-state index contributed by atoms with van der Waals surface area (Å²) in [4.78, 5) is 11.4. The van der Waals surface area contributed by atoms with E-state index in [-0.39, 0.29) is 12.6 Å². The van der Waals surface area contributed by atoms with Gasteiger partial charge < -0.3 is 15.2 Å². The molecular formula is C14H19NO3. The van der Waals surface area contributed by atoms with Gasteiger partial charge in [0, 0.05) is 12.1 Å². The number of carbonyl (C=O) groups excluding carboxylic acids is 1. The second kappa shape index (κ2) is 7.63. The Morgan fingerprint density at radius 2 is 2.11 bits per heavy atom. The molecule has 18 heavy (non-hydrogen) atoms. The summed E-state index contributed by atoms with van der Waals surface area (Å²) in [6.45, 7) is 5.99. The molecule has 0 fully saturated rings. The van der Waals surface area contributed by atoms with Gasteiger partial charge in [0.1, 0.15) is 0 Å². The SMILES string of the molecule is C=C(CNC(CO)c1ccccc1)C(=O)OCC. The van der Waals surface area contributed by atoms with Crippen molar-refractivity contribution in [2.24, 2.45) is 0 Å². The summed E-state index contributed by atoms with van der Waals surface area (Å²) < 4.78 is 4.83. The molecule has 0 aromatic heterocycles. The fourth-order valence-electron chi connectivity index (χ4n) is 1.52. The lowest BCUT2D eigenvalue weighted by Crippen LogP contribution is -2.28. The van der Waals surface area contributed by atoms with Gasteiger partial charge in [0.15, 0.2) is 0 Å². The van der Waals surface area contributed by atoms with Gasteiger partial charge in [-0.3, -0.25) is 0 Å². The molecule has 4 heteroatoms. The number of benzene rings is 1. The molecule has 1 aromatic carbocycles. The minimum Gasteiger partial charge on any atom is -0.463 e. The van der Waals surface area contributed by atoms with Crippen molar-refractivity contribution < 1.29 is 14.6 Å². The van der Waals surface area contributed by atoms with Crippen molar-refractivity contribution in [2.45, 2.75) is 13.0 Å². The Morgan fingerprint density at radius 3 is 2.67 bits per heavy atom. The minimum atomic E-state index is -0.408. The summed E-state index contributed by atoms with van der Waals surface area (Å²) >= 11 is 0. The van der Waals surface area contributed by atoms with E-state index in [2.05, 4.69) is 11.9 Å². The van der Waals surface area contributed by atoms with Crippen molar-refractivity contribution >= 4 is 5.97 Å². The number of rotatable bonds is 7. The predicted molar refractivity (Wildman–Crippen MR) is 70.0 cm³/mol. The van der Waals surface area contributed by atoms with E-state index >= 15 is 0 Å². The lowest BCUT2D eigenvalue weighted by atomic mass is 10.1. The molecule has 1 aromatic rings. The van der Waals surface area contributed by atoms with Crippen LogP contribution in [0.2, 0.25) is 0 Å². The fourth-order valence-corrected chi connectivity index (χ4v) is 1.52. The quantitative estimate of drug-likeness (QED) is 0.567. The highest BCUT2D eigenvalue weighted by Crippen LogP contribution is 2.11. The first-order valence-electron chi connectivity index (χ1n) is 5.93. The Labute approximate surface area is 107 Å². The molecule has 0 aliphatic rings. The minimum absolute atomic E-state index is 0.0415. The van der Waals surface area contributed by atoms with Crippen molar-refractivity contribution in [3.63, 3.8) is 0 Å². The molecule has 0 aliphatic heterocycles. The van der Waals surface area contributed by atoms with Crippen LogP contribution in [0.15, 0.2) is 42.5 Å². The van der Waals surface area contributed by atoms with Crippen LogP contribution in [0.25, 0.3) is 0 Å². The van der Waals surface area contributed by atoms with Crippen molar-refractivity contribution in [1.82, 2.24) is 5.32 Å². The second-order valence-corrected chi connectivity index (χ2v) is 3.85. The lowest BCUT2D eigenvalue weighted by Gasteiger charge is -2.17. The number of aliphatic hydroxyl groups is 1. The summed E-state index contributed by atoms with van der Waals surface area (Å²) in [7, 11) is 0. The zero-order chi connectivity index (χ0) is 13.4. The Bertz CT molecular complexity index is 389. The van der Waals surface area contributed by atoms with Crippen LogP contribution in [0, 0.1) is 0 Å². The van der Waals surface area contributed by atoms with E-state index in [1.54, 1.807) is 6.92 Å². The average Bonchev–Trinajstić information content (AvgIpc) is 2.40. The molecule has 0 radical (unpaired) electrons. The van der Waals surface area contributed by atoms with Gasteiger partial charge in [-0.2, -0.15) is 0 Å². The van der Waals surface area contributed by atoms with Crippen LogP contribution in [0.4, 0.5) is 0 Å². The molecule has 0 heterocycles. The maximum atomic E-state index is 11.4. The average molecular weight is 249 g/mol. The topological polar surface area (TPSA) is 58.6 Å². The number of nitrogens with one attached hydrogen (secondary N) is 1. The summed E-state index contributed by atoms with van der Waals surface area (Å²) in [5.41, 5.74) is 1.32. The van der Waals surface area contributed by atoms with E-state index in [0.29, 0.717) is 18.7 Å². The first kappa shape index (κ1) is 14.4. The number of hydrogen-bond donors (Lipinski definition) is 2. The largest absolute Gasteiger partial charge is 0.463 e. The van der Waals surface area contributed by atoms with Gasteiger partial charge in [0.05, 0.1) is 19.3 Å². The van der Waals surface area contributed by atoms with E-state index in [0.717, 1.165) is 5.56 Å². The molecule has 0 saturated carbocycles. The van der Waals surface area contributed by atoms with Gasteiger partial charge in [-0.25, -0.2) is 4.79 Å². The molecule has 0 spiro atoms. The van der Waals surface area contributed by atoms with Crippen molar-refractivity contribution in [2.75, 3.05) is 19.8 Å². The normalized spacial score (nSPS) is 11.9. The van der Waals surface area contributed by atoms with Crippen molar-refractivity contribution in [3.8, 4) is 0 Å². The van der Waals surface area contributed by atoms with Gasteiger partial charge in [-0.15, -0.1) is 0 Å². The number of aliphatic hydroxyl groups excluding tert-OH is 1. The molecule has 1 atom stereocenters. The summed E-state index contributed by atoms with van der Waals surface area (Å²) in [6, 6.07) is 9.34. The van der Waals surface area contributed by atoms with Gasteiger partial charge in [0.25, 0.3) is 0 Å². The lowest BCUT2D eigenvalue weighted by molar-refractivity contribution is -0.138. The van der Waals surface area contributed by atoms with E-state index in [1.165, 1.54) is 0 Å². The van der Waals surface area contributed by atoms with Crippen LogP contribution in [0.3, 0.4) is 0 Å². The molecule has 2 N–H and O–H groups in total. The van der Waals surface area contributed by atoms with Crippen molar-refractivity contribution in [1.29, 1.82) is 0 Å². The number of esters is 1. The Morgan fingerprint density at radius 1 is 1.44 bits per heavy atom. The molecule has 0 saturated heterocycles. The smallest absolute Gasteiger partial charge is 0.334 e. The van der Waals surface area contributed by atoms with Crippen LogP contribution in [-0.2, 0) is 9.53 Å². The molecule has 0 bridgehead atoms. The molecule has 1 rings (SSSR count). The maximum Gasteiger partial charge on any atom is 0.334 e. The predicted octanol–water partition coefficient (Wildman–Crippen LogP) is 1.43. The molecule has 0 aliphatic carbocycles. The van der Waals surface area contributed by atoms with E-state index in [4.69, 9.17) is 4.74 Å². The highest BCUT2D eigenvalue weighted by molar-refractivity contribution is 5.88. The molecule has 0 amide bonds. The third-order valence-electron chi connectivity index (χ3n) is 2.51. The van der Waals surface area contributed by atoms with Crippen LogP contribution in [0.1, 0.15) is 18.5 Å². The Hall–Kier alpha value is -1.65. The Balaban J connectivity index is 2.50. The van der Waals surface area contributed by atoms with E-state index in [9.17, 15) is 9.90 Å². The first-order chi connectivity index (χ1) is 8.69. The molecule has 1 unspecified atom stereocenters. The zero-order valence-electron chi connectivity index (χ0n) is 10.6. The van der Waals surface area contributed by atoms with E-state index < -0.39 is 5.97 Å². The van der Waals surface area contributed by atoms with Gasteiger partial charge in [-0.05, 0) is 12.5 Å². The molecular weight excluding hydrogens is 230 g/mol. The number of carbonyl (C=O) groups is 1. The van der Waals surface area contributed by atoms with Crippen LogP contribution in [0.5, 0.6) is 0 Å². The fraction of sp³-hybridized carbons (Fsp3) is 0.357. The second-order valence-electron chi connectivity index (χ2n) is 3.85. The van der Waals surface area contributed by atoms with Crippen LogP contribution >= 0.6 is 0 Å². The monoisotopic (exact) mass is 249 g/mol. The highest BCUT2D eigenvalue weighted by Gasteiger charge is 2.12. The third-order valence-corrected chi connectivity index (χ3v) is 2.51. The number of ether oxygens (including phenoxy) is 1. The van der Waals surface area contributed by atoms with E-state index in [1.807, 2.05) is 30.3 Å². The first-order valence-corrected chi connectivity index (χ1v) is 5.93. The van der Waals surface area contributed by atoms with Gasteiger partial charge in [-0.1, -0.05) is 36.9 Å². The van der Waals surface area contributed by atoms with Crippen LogP contribution in [-0.4, -0.2) is 30.8 Å². The van der Waals surface area contributed by atoms with Gasteiger partial charge in [0.2, 0.25) is 0 Å². The standard InChI is InChI=1S/C14H19NO3/c1-3-18-14(17)11(2)9-15-13(10-16)12-7-5-4-6-8-12/h4-8,13,15-16H,2-3,9-10H2,1H3. The number of hydrogen-bond acceptors (Lipinski definition) is 4.